The molecular formula is C13H16N2O5. The van der Waals surface area contributed by atoms with E-state index >= 15 is 0 Å². The number of carboxylic acid groups (broad SMARTS) is 1. The Bertz CT molecular complexity index is 525. The Kier molecular flexibility index (Phi) is 4.31. The zero-order valence-electron chi connectivity index (χ0n) is 10.8. The molecule has 1 aromatic rings. The molecule has 0 heterocycles. The number of hydrogen-bond acceptors (Lipinski definition) is 5. The maximum Gasteiger partial charge on any atom is 0.343 e. The second-order valence-electron chi connectivity index (χ2n) is 5.00. The molecule has 0 atom stereocenters. The summed E-state index contributed by atoms with van der Waals surface area (Å²) in [6.07, 6.45) is 1.26. The lowest BCUT2D eigenvalue weighted by molar-refractivity contribution is -0.385. The Morgan fingerprint density at radius 1 is 1.45 bits per heavy atom. The molecule has 0 aliphatic heterocycles. The maximum absolute atomic E-state index is 11.2. The van der Waals surface area contributed by atoms with Gasteiger partial charge in [-0.1, -0.05) is 12.1 Å². The summed E-state index contributed by atoms with van der Waals surface area (Å²) >= 11 is 0. The summed E-state index contributed by atoms with van der Waals surface area (Å²) in [6, 6.07) is 4.24. The summed E-state index contributed by atoms with van der Waals surface area (Å²) < 4.78 is 0. The third-order valence-electron chi connectivity index (χ3n) is 3.50. The Balaban J connectivity index is 2.05. The van der Waals surface area contributed by atoms with Crippen LogP contribution >= 0.6 is 0 Å². The van der Waals surface area contributed by atoms with Gasteiger partial charge in [0.15, 0.2) is 0 Å². The van der Waals surface area contributed by atoms with Gasteiger partial charge in [0.25, 0.3) is 5.69 Å². The number of carboxylic acids is 1. The Labute approximate surface area is 115 Å². The molecule has 7 nitrogen and oxygen atoms in total. The molecule has 1 aromatic carbocycles. The number of benzene rings is 1. The van der Waals surface area contributed by atoms with Gasteiger partial charge in [-0.2, -0.15) is 0 Å². The molecule has 0 saturated heterocycles. The Morgan fingerprint density at radius 3 is 2.70 bits per heavy atom. The van der Waals surface area contributed by atoms with Crippen LogP contribution in [0.15, 0.2) is 18.2 Å². The number of nitro benzene ring substituents is 1. The van der Waals surface area contributed by atoms with E-state index in [9.17, 15) is 14.9 Å². The molecule has 0 radical (unpaired) electrons. The molecule has 0 spiro atoms. The molecule has 1 fully saturated rings. The normalized spacial score (nSPS) is 21.2. The Hall–Kier alpha value is -1.99. The molecular weight excluding hydrogens is 264 g/mol. The molecule has 3 N–H and O–H groups in total. The van der Waals surface area contributed by atoms with Crippen molar-refractivity contribution in [1.29, 1.82) is 0 Å². The van der Waals surface area contributed by atoms with Crippen LogP contribution in [0.1, 0.15) is 28.8 Å². The van der Waals surface area contributed by atoms with Crippen LogP contribution in [-0.4, -0.2) is 33.8 Å². The summed E-state index contributed by atoms with van der Waals surface area (Å²) in [4.78, 5) is 21.3. The number of aromatic carboxylic acids is 1. The summed E-state index contributed by atoms with van der Waals surface area (Å²) in [6.45, 7) is 0.925. The third kappa shape index (κ3) is 3.12. The zero-order chi connectivity index (χ0) is 14.7. The minimum atomic E-state index is -1.30. The molecule has 0 bridgehead atoms. The van der Waals surface area contributed by atoms with E-state index in [0.717, 1.165) is 12.8 Å². The van der Waals surface area contributed by atoms with Crippen LogP contribution in [0, 0.1) is 16.0 Å². The van der Waals surface area contributed by atoms with Gasteiger partial charge in [-0.25, -0.2) is 4.79 Å². The van der Waals surface area contributed by atoms with Crippen LogP contribution in [0.25, 0.3) is 0 Å². The van der Waals surface area contributed by atoms with E-state index in [4.69, 9.17) is 10.2 Å². The largest absolute Gasteiger partial charge is 0.477 e. The van der Waals surface area contributed by atoms with E-state index < -0.39 is 16.6 Å². The van der Waals surface area contributed by atoms with E-state index in [-0.39, 0.29) is 18.2 Å². The monoisotopic (exact) mass is 280 g/mol. The second-order valence-corrected chi connectivity index (χ2v) is 5.00. The summed E-state index contributed by atoms with van der Waals surface area (Å²) in [5, 5.41) is 32.2. The van der Waals surface area contributed by atoms with Crippen molar-refractivity contribution in [2.45, 2.75) is 25.5 Å². The van der Waals surface area contributed by atoms with Gasteiger partial charge in [0, 0.05) is 12.6 Å². The molecule has 1 aliphatic carbocycles. The number of nitrogens with zero attached hydrogens (tertiary/aromatic N) is 1. The van der Waals surface area contributed by atoms with Crippen LogP contribution in [0.3, 0.4) is 0 Å². The fourth-order valence-electron chi connectivity index (χ4n) is 2.41. The van der Waals surface area contributed by atoms with Gasteiger partial charge in [-0.3, -0.25) is 10.1 Å². The molecule has 0 unspecified atom stereocenters. The third-order valence-corrected chi connectivity index (χ3v) is 3.50. The van der Waals surface area contributed by atoms with E-state index in [1.54, 1.807) is 6.07 Å². The fraction of sp³-hybridized carbons (Fsp3) is 0.462. The highest BCUT2D eigenvalue weighted by Gasteiger charge is 2.27. The summed E-state index contributed by atoms with van der Waals surface area (Å²) in [5.41, 5.74) is -0.263. The topological polar surface area (TPSA) is 113 Å². The predicted molar refractivity (Wildman–Crippen MR) is 70.5 cm³/mol. The van der Waals surface area contributed by atoms with Gasteiger partial charge >= 0.3 is 5.97 Å². The van der Waals surface area contributed by atoms with Crippen LogP contribution in [0.4, 0.5) is 5.69 Å². The SMILES string of the molecule is O=C(O)c1c(CNCC2CC(O)C2)cccc1[N+](=O)[O-]. The van der Waals surface area contributed by atoms with Gasteiger partial charge in [0.2, 0.25) is 0 Å². The average Bonchev–Trinajstić information content (AvgIpc) is 2.35. The van der Waals surface area contributed by atoms with Crippen LogP contribution in [-0.2, 0) is 6.54 Å². The molecule has 0 amide bonds. The van der Waals surface area contributed by atoms with Crippen molar-refractivity contribution in [2.24, 2.45) is 5.92 Å². The first-order chi connectivity index (χ1) is 9.49. The maximum atomic E-state index is 11.2. The molecule has 1 saturated carbocycles. The van der Waals surface area contributed by atoms with Gasteiger partial charge < -0.3 is 15.5 Å². The fourth-order valence-corrected chi connectivity index (χ4v) is 2.41. The number of carbonyl (C=O) groups is 1. The molecule has 20 heavy (non-hydrogen) atoms. The lowest BCUT2D eigenvalue weighted by atomic mass is 9.82. The summed E-state index contributed by atoms with van der Waals surface area (Å²) in [5.74, 6) is -0.912. The molecule has 0 aromatic heterocycles. The van der Waals surface area contributed by atoms with Crippen LogP contribution < -0.4 is 5.32 Å². The first kappa shape index (κ1) is 14.4. The minimum Gasteiger partial charge on any atom is -0.477 e. The molecule has 7 heteroatoms. The smallest absolute Gasteiger partial charge is 0.343 e. The first-order valence-corrected chi connectivity index (χ1v) is 6.37. The first-order valence-electron chi connectivity index (χ1n) is 6.37. The number of nitrogens with one attached hydrogen (secondary N) is 1. The van der Waals surface area contributed by atoms with E-state index in [0.29, 0.717) is 18.0 Å². The average molecular weight is 280 g/mol. The zero-order valence-corrected chi connectivity index (χ0v) is 10.8. The van der Waals surface area contributed by atoms with E-state index in [1.807, 2.05) is 0 Å². The van der Waals surface area contributed by atoms with Crippen LogP contribution in [0.2, 0.25) is 0 Å². The lowest BCUT2D eigenvalue weighted by Crippen LogP contribution is -2.36. The molecule has 2 rings (SSSR count). The highest BCUT2D eigenvalue weighted by atomic mass is 16.6. The van der Waals surface area contributed by atoms with Gasteiger partial charge in [-0.15, -0.1) is 0 Å². The lowest BCUT2D eigenvalue weighted by Gasteiger charge is -2.31. The predicted octanol–water partition coefficient (Wildman–Crippen LogP) is 1.15. The number of nitro groups is 1. The highest BCUT2D eigenvalue weighted by molar-refractivity contribution is 5.94. The Morgan fingerprint density at radius 2 is 2.15 bits per heavy atom. The van der Waals surface area contributed by atoms with Crippen molar-refractivity contribution in [2.75, 3.05) is 6.54 Å². The van der Waals surface area contributed by atoms with Crippen molar-refractivity contribution < 1.29 is 19.9 Å². The van der Waals surface area contributed by atoms with Crippen molar-refractivity contribution >= 4 is 11.7 Å². The quantitative estimate of drug-likeness (QED) is 0.532. The highest BCUT2D eigenvalue weighted by Crippen LogP contribution is 2.26. The molecule has 1 aliphatic rings. The van der Waals surface area contributed by atoms with Crippen molar-refractivity contribution in [1.82, 2.24) is 5.32 Å². The van der Waals surface area contributed by atoms with Crippen LogP contribution in [0.5, 0.6) is 0 Å². The second kappa shape index (κ2) is 5.98. The number of rotatable bonds is 6. The van der Waals surface area contributed by atoms with E-state index in [1.165, 1.54) is 12.1 Å². The summed E-state index contributed by atoms with van der Waals surface area (Å²) in [7, 11) is 0. The number of hydrogen-bond donors (Lipinski definition) is 3. The van der Waals surface area contributed by atoms with Crippen molar-refractivity contribution in [3.8, 4) is 0 Å². The van der Waals surface area contributed by atoms with Gasteiger partial charge in [0.05, 0.1) is 11.0 Å². The molecule has 108 valence electrons. The number of aliphatic hydroxyl groups is 1. The van der Waals surface area contributed by atoms with Gasteiger partial charge in [-0.05, 0) is 30.9 Å². The number of aliphatic hydroxyl groups excluding tert-OH is 1. The minimum absolute atomic E-state index is 0.228. The standard InChI is InChI=1S/C13H16N2O5/c16-10-4-8(5-10)6-14-7-9-2-1-3-11(15(19)20)12(9)13(17)18/h1-3,8,10,14,16H,4-7H2,(H,17,18). The van der Waals surface area contributed by atoms with E-state index in [2.05, 4.69) is 5.32 Å². The van der Waals surface area contributed by atoms with Crippen molar-refractivity contribution in [3.05, 3.63) is 39.4 Å². The van der Waals surface area contributed by atoms with Gasteiger partial charge in [0.1, 0.15) is 5.56 Å². The van der Waals surface area contributed by atoms with Crippen molar-refractivity contribution in [3.63, 3.8) is 0 Å².